The average molecular weight is 342 g/mol. The molecule has 0 spiro atoms. The molecule has 3 N–H and O–H groups in total. The summed E-state index contributed by atoms with van der Waals surface area (Å²) in [5, 5.41) is 7.01. The summed E-state index contributed by atoms with van der Waals surface area (Å²) < 4.78 is 0. The lowest BCUT2D eigenvalue weighted by atomic mass is 10.0. The van der Waals surface area contributed by atoms with Gasteiger partial charge in [0.1, 0.15) is 6.04 Å². The van der Waals surface area contributed by atoms with Gasteiger partial charge in [0.05, 0.1) is 0 Å². The lowest BCUT2D eigenvalue weighted by Crippen LogP contribution is -2.52. The minimum Gasteiger partial charge on any atom is -0.361 e. The number of hydrogen-bond acceptors (Lipinski definition) is 3. The molecule has 0 aliphatic carbocycles. The fraction of sp³-hybridized carbons (Fsp3) is 0.474. The van der Waals surface area contributed by atoms with Crippen molar-refractivity contribution in [2.75, 3.05) is 20.1 Å². The van der Waals surface area contributed by atoms with E-state index in [0.29, 0.717) is 6.42 Å². The van der Waals surface area contributed by atoms with Crippen LogP contribution in [0, 0.1) is 0 Å². The van der Waals surface area contributed by atoms with Crippen LogP contribution in [0.1, 0.15) is 25.3 Å². The Morgan fingerprint density at radius 1 is 1.28 bits per heavy atom. The van der Waals surface area contributed by atoms with Crippen LogP contribution in [0.2, 0.25) is 0 Å². The normalized spacial score (nSPS) is 17.4. The van der Waals surface area contributed by atoms with Gasteiger partial charge in [-0.05, 0) is 44.6 Å². The molecule has 1 unspecified atom stereocenters. The van der Waals surface area contributed by atoms with Crippen molar-refractivity contribution < 1.29 is 9.59 Å². The number of amides is 2. The Morgan fingerprint density at radius 3 is 2.72 bits per heavy atom. The van der Waals surface area contributed by atoms with Crippen molar-refractivity contribution >= 4 is 22.7 Å². The molecule has 1 atom stereocenters. The molecule has 1 aromatic carbocycles. The number of nitrogens with zero attached hydrogens (tertiary/aromatic N) is 1. The van der Waals surface area contributed by atoms with Crippen molar-refractivity contribution in [3.63, 3.8) is 0 Å². The first-order valence-corrected chi connectivity index (χ1v) is 8.84. The number of carbonyl (C=O) groups excluding carboxylic acids is 2. The lowest BCUT2D eigenvalue weighted by Gasteiger charge is -2.30. The number of fused-ring (bicyclic) bond motifs is 1. The van der Waals surface area contributed by atoms with Crippen molar-refractivity contribution in [1.82, 2.24) is 20.5 Å². The molecule has 6 nitrogen and oxygen atoms in total. The molecule has 25 heavy (non-hydrogen) atoms. The standard InChI is InChI=1S/C19H26N4O2/c1-13(24)21-18(19(25)22-15-7-9-23(2)10-8-15)11-14-12-20-17-6-4-3-5-16(14)17/h3-6,12,15,18,20H,7-11H2,1-2H3,(H,21,24)(H,22,25). The third-order valence-electron chi connectivity index (χ3n) is 4.86. The average Bonchev–Trinajstić information content (AvgIpc) is 2.99. The molecular formula is C19H26N4O2. The fourth-order valence-corrected chi connectivity index (χ4v) is 3.43. The van der Waals surface area contributed by atoms with Gasteiger partial charge in [0.2, 0.25) is 11.8 Å². The molecule has 3 rings (SSSR count). The predicted octanol–water partition coefficient (Wildman–Crippen LogP) is 1.43. The van der Waals surface area contributed by atoms with Gasteiger partial charge < -0.3 is 20.5 Å². The number of H-pyrrole nitrogens is 1. The minimum atomic E-state index is -0.559. The van der Waals surface area contributed by atoms with Crippen LogP contribution in [0.5, 0.6) is 0 Å². The molecular weight excluding hydrogens is 316 g/mol. The first kappa shape index (κ1) is 17.5. The summed E-state index contributed by atoms with van der Waals surface area (Å²) in [5.41, 5.74) is 2.07. The molecule has 2 amide bonds. The van der Waals surface area contributed by atoms with Gasteiger partial charge in [-0.3, -0.25) is 9.59 Å². The third-order valence-corrected chi connectivity index (χ3v) is 4.86. The number of nitrogens with one attached hydrogen (secondary N) is 3. The van der Waals surface area contributed by atoms with Gasteiger partial charge in [0.15, 0.2) is 0 Å². The molecule has 0 radical (unpaired) electrons. The molecule has 1 fully saturated rings. The molecule has 0 saturated carbocycles. The van der Waals surface area contributed by atoms with E-state index in [1.54, 1.807) is 0 Å². The fourth-order valence-electron chi connectivity index (χ4n) is 3.43. The summed E-state index contributed by atoms with van der Waals surface area (Å²) in [5.74, 6) is -0.293. The number of aromatic amines is 1. The zero-order valence-electron chi connectivity index (χ0n) is 14.8. The van der Waals surface area contributed by atoms with Crippen molar-refractivity contribution in [3.05, 3.63) is 36.0 Å². The summed E-state index contributed by atoms with van der Waals surface area (Å²) in [6.45, 7) is 3.42. The van der Waals surface area contributed by atoms with Gasteiger partial charge in [-0.25, -0.2) is 0 Å². The van der Waals surface area contributed by atoms with Crippen molar-refractivity contribution in [2.45, 2.75) is 38.3 Å². The zero-order valence-corrected chi connectivity index (χ0v) is 14.8. The maximum atomic E-state index is 12.7. The zero-order chi connectivity index (χ0) is 17.8. The molecule has 1 saturated heterocycles. The van der Waals surface area contributed by atoms with Crippen LogP contribution in [-0.4, -0.2) is 53.9 Å². The number of rotatable bonds is 5. The molecule has 2 heterocycles. The lowest BCUT2D eigenvalue weighted by molar-refractivity contribution is -0.128. The first-order chi connectivity index (χ1) is 12.0. The van der Waals surface area contributed by atoms with E-state index in [1.807, 2.05) is 30.5 Å². The molecule has 134 valence electrons. The largest absolute Gasteiger partial charge is 0.361 e. The second-order valence-electron chi connectivity index (χ2n) is 6.90. The number of aromatic nitrogens is 1. The highest BCUT2D eigenvalue weighted by Gasteiger charge is 2.25. The van der Waals surface area contributed by atoms with Crippen LogP contribution in [-0.2, 0) is 16.0 Å². The quantitative estimate of drug-likeness (QED) is 0.769. The topological polar surface area (TPSA) is 77.2 Å². The Bertz CT molecular complexity index is 747. The molecule has 0 bridgehead atoms. The highest BCUT2D eigenvalue weighted by Crippen LogP contribution is 2.19. The van der Waals surface area contributed by atoms with Crippen molar-refractivity contribution in [2.24, 2.45) is 0 Å². The molecule has 6 heteroatoms. The number of para-hydroxylation sites is 1. The van der Waals surface area contributed by atoms with Gasteiger partial charge >= 0.3 is 0 Å². The monoisotopic (exact) mass is 342 g/mol. The van der Waals surface area contributed by atoms with Crippen LogP contribution in [0.3, 0.4) is 0 Å². The number of hydrogen-bond donors (Lipinski definition) is 3. The van der Waals surface area contributed by atoms with Gasteiger partial charge in [-0.1, -0.05) is 18.2 Å². The molecule has 2 aromatic rings. The first-order valence-electron chi connectivity index (χ1n) is 8.84. The van der Waals surface area contributed by atoms with Crippen LogP contribution >= 0.6 is 0 Å². The van der Waals surface area contributed by atoms with E-state index in [9.17, 15) is 9.59 Å². The van der Waals surface area contributed by atoms with Crippen LogP contribution in [0.4, 0.5) is 0 Å². The van der Waals surface area contributed by atoms with Crippen molar-refractivity contribution in [3.8, 4) is 0 Å². The van der Waals surface area contributed by atoms with Gasteiger partial charge in [-0.15, -0.1) is 0 Å². The number of carbonyl (C=O) groups is 2. The van der Waals surface area contributed by atoms with E-state index in [4.69, 9.17) is 0 Å². The second kappa shape index (κ2) is 7.70. The maximum absolute atomic E-state index is 12.7. The molecule has 1 aliphatic heterocycles. The Labute approximate surface area is 148 Å². The summed E-state index contributed by atoms with van der Waals surface area (Å²) in [4.78, 5) is 29.8. The Kier molecular flexibility index (Phi) is 5.38. The number of benzene rings is 1. The summed E-state index contributed by atoms with van der Waals surface area (Å²) in [6.07, 6.45) is 4.29. The van der Waals surface area contributed by atoms with E-state index in [1.165, 1.54) is 6.92 Å². The second-order valence-corrected chi connectivity index (χ2v) is 6.90. The summed E-state index contributed by atoms with van der Waals surface area (Å²) >= 11 is 0. The Hall–Kier alpha value is -2.34. The van der Waals surface area contributed by atoms with Gasteiger partial charge in [-0.2, -0.15) is 0 Å². The predicted molar refractivity (Wildman–Crippen MR) is 98.3 cm³/mol. The number of piperidine rings is 1. The van der Waals surface area contributed by atoms with E-state index in [2.05, 4.69) is 27.6 Å². The molecule has 1 aromatic heterocycles. The summed E-state index contributed by atoms with van der Waals surface area (Å²) in [6, 6.07) is 7.61. The van der Waals surface area contributed by atoms with E-state index >= 15 is 0 Å². The maximum Gasteiger partial charge on any atom is 0.243 e. The SMILES string of the molecule is CC(=O)NC(Cc1c[nH]c2ccccc12)C(=O)NC1CCN(C)CC1. The highest BCUT2D eigenvalue weighted by molar-refractivity contribution is 5.89. The van der Waals surface area contributed by atoms with E-state index in [-0.39, 0.29) is 17.9 Å². The van der Waals surface area contributed by atoms with E-state index in [0.717, 1.165) is 42.4 Å². The summed E-state index contributed by atoms with van der Waals surface area (Å²) in [7, 11) is 2.09. The van der Waals surface area contributed by atoms with Gasteiger partial charge in [0, 0.05) is 36.5 Å². The van der Waals surface area contributed by atoms with Crippen molar-refractivity contribution in [1.29, 1.82) is 0 Å². The Morgan fingerprint density at radius 2 is 2.00 bits per heavy atom. The highest BCUT2D eigenvalue weighted by atomic mass is 16.2. The van der Waals surface area contributed by atoms with Crippen LogP contribution in [0.25, 0.3) is 10.9 Å². The Balaban J connectivity index is 1.70. The van der Waals surface area contributed by atoms with E-state index < -0.39 is 6.04 Å². The smallest absolute Gasteiger partial charge is 0.243 e. The number of likely N-dealkylation sites (tertiary alicyclic amines) is 1. The minimum absolute atomic E-state index is 0.102. The van der Waals surface area contributed by atoms with Gasteiger partial charge in [0.25, 0.3) is 0 Å². The van der Waals surface area contributed by atoms with Crippen LogP contribution < -0.4 is 10.6 Å². The molecule has 1 aliphatic rings. The van der Waals surface area contributed by atoms with Crippen LogP contribution in [0.15, 0.2) is 30.5 Å². The third kappa shape index (κ3) is 4.39.